The molecule has 0 radical (unpaired) electrons. The Hall–Kier alpha value is -2.34. The molecule has 1 aromatic heterocycles. The van der Waals surface area contributed by atoms with Crippen molar-refractivity contribution < 1.29 is 9.59 Å². The Kier molecular flexibility index (Phi) is 5.38. The molecular formula is C23H32N4O2. The molecule has 4 rings (SSSR count). The van der Waals surface area contributed by atoms with Gasteiger partial charge in [-0.2, -0.15) is 0 Å². The zero-order valence-corrected chi connectivity index (χ0v) is 17.8. The van der Waals surface area contributed by atoms with Crippen LogP contribution < -0.4 is 5.32 Å². The van der Waals surface area contributed by atoms with E-state index >= 15 is 0 Å². The van der Waals surface area contributed by atoms with E-state index in [1.807, 2.05) is 55.9 Å². The predicted molar refractivity (Wildman–Crippen MR) is 115 cm³/mol. The van der Waals surface area contributed by atoms with Crippen LogP contribution >= 0.6 is 0 Å². The molecule has 0 saturated heterocycles. The van der Waals surface area contributed by atoms with Crippen LogP contribution in [0.5, 0.6) is 0 Å². The highest BCUT2D eigenvalue weighted by Crippen LogP contribution is 2.32. The summed E-state index contributed by atoms with van der Waals surface area (Å²) < 4.78 is 2.03. The van der Waals surface area contributed by atoms with Crippen molar-refractivity contribution in [3.05, 3.63) is 36.0 Å². The molecule has 0 unspecified atom stereocenters. The molecule has 1 atom stereocenters. The van der Waals surface area contributed by atoms with Crippen molar-refractivity contribution >= 4 is 22.7 Å². The summed E-state index contributed by atoms with van der Waals surface area (Å²) in [5.41, 5.74) is 0.784. The second kappa shape index (κ2) is 7.82. The van der Waals surface area contributed by atoms with Crippen molar-refractivity contribution in [2.24, 2.45) is 0 Å². The van der Waals surface area contributed by atoms with Gasteiger partial charge < -0.3 is 19.7 Å². The number of nitrogens with zero attached hydrogens (tertiary/aromatic N) is 3. The number of carbonyl (C=O) groups excluding carboxylic acids is 2. The smallest absolute Gasteiger partial charge is 0.271 e. The first-order valence-electron chi connectivity index (χ1n) is 10.8. The lowest BCUT2D eigenvalue weighted by Crippen LogP contribution is -2.65. The SMILES string of the molecule is CN(C)CCN1C(=O)c2cc3ccccc3n2C[C@]1(C)C(=O)NC1CCCCC1. The van der Waals surface area contributed by atoms with Gasteiger partial charge in [-0.15, -0.1) is 0 Å². The summed E-state index contributed by atoms with van der Waals surface area (Å²) >= 11 is 0. The molecule has 1 aliphatic heterocycles. The summed E-state index contributed by atoms with van der Waals surface area (Å²) in [5.74, 6) is -0.0875. The summed E-state index contributed by atoms with van der Waals surface area (Å²) in [4.78, 5) is 30.9. The molecule has 1 aliphatic carbocycles. The van der Waals surface area contributed by atoms with Crippen LogP contribution in [0, 0.1) is 0 Å². The van der Waals surface area contributed by atoms with Crippen molar-refractivity contribution in [1.82, 2.24) is 19.7 Å². The van der Waals surface area contributed by atoms with Crippen LogP contribution in [0.3, 0.4) is 0 Å². The average Bonchev–Trinajstić information content (AvgIpc) is 3.07. The molecule has 2 aromatic rings. The summed E-state index contributed by atoms with van der Waals surface area (Å²) in [6.07, 6.45) is 5.64. The van der Waals surface area contributed by atoms with E-state index in [0.29, 0.717) is 18.8 Å². The second-order valence-electron chi connectivity index (χ2n) is 9.02. The van der Waals surface area contributed by atoms with Gasteiger partial charge in [0.15, 0.2) is 0 Å². The minimum atomic E-state index is -0.903. The zero-order valence-electron chi connectivity index (χ0n) is 17.8. The van der Waals surface area contributed by atoms with Gasteiger partial charge in [-0.1, -0.05) is 37.5 Å². The Morgan fingerprint density at radius 1 is 1.21 bits per heavy atom. The van der Waals surface area contributed by atoms with Crippen molar-refractivity contribution in [3.63, 3.8) is 0 Å². The Morgan fingerprint density at radius 2 is 1.93 bits per heavy atom. The Morgan fingerprint density at radius 3 is 2.66 bits per heavy atom. The molecule has 156 valence electrons. The number of benzene rings is 1. The van der Waals surface area contributed by atoms with Crippen LogP contribution in [0.4, 0.5) is 0 Å². The van der Waals surface area contributed by atoms with Crippen LogP contribution in [0.1, 0.15) is 49.5 Å². The normalized spacial score (nSPS) is 22.9. The van der Waals surface area contributed by atoms with Gasteiger partial charge in [-0.05, 0) is 46.0 Å². The van der Waals surface area contributed by atoms with Gasteiger partial charge in [-0.25, -0.2) is 0 Å². The van der Waals surface area contributed by atoms with E-state index in [1.165, 1.54) is 6.42 Å². The van der Waals surface area contributed by atoms with Crippen LogP contribution in [0.2, 0.25) is 0 Å². The quantitative estimate of drug-likeness (QED) is 0.846. The maximum Gasteiger partial charge on any atom is 0.271 e. The fourth-order valence-electron chi connectivity index (χ4n) is 4.74. The Balaban J connectivity index is 1.70. The lowest BCUT2D eigenvalue weighted by atomic mass is 9.91. The number of para-hydroxylation sites is 1. The van der Waals surface area contributed by atoms with Gasteiger partial charge in [0.1, 0.15) is 11.2 Å². The minimum absolute atomic E-state index is 0.0278. The highest BCUT2D eigenvalue weighted by atomic mass is 16.2. The first kappa shape index (κ1) is 20.0. The number of hydrogen-bond donors (Lipinski definition) is 1. The number of fused-ring (bicyclic) bond motifs is 3. The second-order valence-corrected chi connectivity index (χ2v) is 9.02. The predicted octanol–water partition coefficient (Wildman–Crippen LogP) is 2.87. The van der Waals surface area contributed by atoms with Crippen molar-refractivity contribution in [3.8, 4) is 0 Å². The molecule has 2 amide bonds. The van der Waals surface area contributed by atoms with Crippen molar-refractivity contribution in [2.45, 2.75) is 57.2 Å². The van der Waals surface area contributed by atoms with E-state index < -0.39 is 5.54 Å². The molecule has 0 spiro atoms. The van der Waals surface area contributed by atoms with Crippen molar-refractivity contribution in [2.75, 3.05) is 27.2 Å². The molecule has 6 nitrogen and oxygen atoms in total. The van der Waals surface area contributed by atoms with Gasteiger partial charge in [0.05, 0.1) is 6.54 Å². The van der Waals surface area contributed by atoms with E-state index in [4.69, 9.17) is 0 Å². The number of hydrogen-bond acceptors (Lipinski definition) is 3. The van der Waals surface area contributed by atoms with Gasteiger partial charge >= 0.3 is 0 Å². The largest absolute Gasteiger partial charge is 0.351 e. The third-order valence-corrected chi connectivity index (χ3v) is 6.54. The first-order chi connectivity index (χ1) is 13.9. The third-order valence-electron chi connectivity index (χ3n) is 6.54. The van der Waals surface area contributed by atoms with E-state index in [-0.39, 0.29) is 17.9 Å². The van der Waals surface area contributed by atoms with E-state index in [9.17, 15) is 9.59 Å². The van der Waals surface area contributed by atoms with Crippen LogP contribution in [0.25, 0.3) is 10.9 Å². The Bertz CT molecular complexity index is 913. The summed E-state index contributed by atoms with van der Waals surface area (Å²) in [7, 11) is 3.98. The molecule has 6 heteroatoms. The molecule has 1 saturated carbocycles. The zero-order chi connectivity index (χ0) is 20.6. The number of nitrogens with one attached hydrogen (secondary N) is 1. The number of aromatic nitrogens is 1. The number of likely N-dealkylation sites (N-methyl/N-ethyl adjacent to an activating group) is 1. The monoisotopic (exact) mass is 396 g/mol. The molecule has 1 N–H and O–H groups in total. The molecular weight excluding hydrogens is 364 g/mol. The molecule has 2 aliphatic rings. The maximum absolute atomic E-state index is 13.5. The minimum Gasteiger partial charge on any atom is -0.351 e. The molecule has 0 bridgehead atoms. The van der Waals surface area contributed by atoms with Gasteiger partial charge in [0.2, 0.25) is 5.91 Å². The first-order valence-corrected chi connectivity index (χ1v) is 10.8. The average molecular weight is 397 g/mol. The van der Waals surface area contributed by atoms with Gasteiger partial charge in [-0.3, -0.25) is 9.59 Å². The summed E-state index contributed by atoms with van der Waals surface area (Å²) in [5, 5.41) is 4.32. The van der Waals surface area contributed by atoms with E-state index in [0.717, 1.165) is 43.1 Å². The molecule has 2 heterocycles. The number of rotatable bonds is 5. The highest BCUT2D eigenvalue weighted by Gasteiger charge is 2.47. The number of carbonyl (C=O) groups is 2. The lowest BCUT2D eigenvalue weighted by molar-refractivity contribution is -0.133. The molecule has 1 fully saturated rings. The van der Waals surface area contributed by atoms with Crippen LogP contribution in [0.15, 0.2) is 30.3 Å². The van der Waals surface area contributed by atoms with E-state index in [1.54, 1.807) is 4.90 Å². The molecule has 1 aromatic carbocycles. The highest BCUT2D eigenvalue weighted by molar-refractivity contribution is 6.03. The third kappa shape index (κ3) is 3.66. The van der Waals surface area contributed by atoms with Gasteiger partial charge in [0.25, 0.3) is 5.91 Å². The fourth-order valence-corrected chi connectivity index (χ4v) is 4.74. The number of amides is 2. The van der Waals surface area contributed by atoms with Crippen LogP contribution in [-0.2, 0) is 11.3 Å². The molecule has 29 heavy (non-hydrogen) atoms. The fraction of sp³-hybridized carbons (Fsp3) is 0.565. The van der Waals surface area contributed by atoms with Gasteiger partial charge in [0, 0.05) is 30.0 Å². The van der Waals surface area contributed by atoms with E-state index in [2.05, 4.69) is 10.2 Å². The van der Waals surface area contributed by atoms with Crippen molar-refractivity contribution in [1.29, 1.82) is 0 Å². The Labute approximate surface area is 172 Å². The topological polar surface area (TPSA) is 57.6 Å². The summed E-state index contributed by atoms with van der Waals surface area (Å²) in [6, 6.07) is 10.2. The maximum atomic E-state index is 13.5. The van der Waals surface area contributed by atoms with Crippen LogP contribution in [-0.4, -0.2) is 64.9 Å². The lowest BCUT2D eigenvalue weighted by Gasteiger charge is -2.45. The summed E-state index contributed by atoms with van der Waals surface area (Å²) in [6.45, 7) is 3.66. The standard InChI is InChI=1S/C23H32N4O2/c1-23(22(29)24-18-10-5-4-6-11-18)16-26-19-12-8-7-9-17(19)15-20(26)21(28)27(23)14-13-25(2)3/h7-9,12,15,18H,4-6,10-11,13-14,16H2,1-3H3,(H,24,29)/t23-/m1/s1.